The molecule has 1 aliphatic rings. The zero-order valence-electron chi connectivity index (χ0n) is 18.1. The summed E-state index contributed by atoms with van der Waals surface area (Å²) < 4.78 is 10.5. The van der Waals surface area contributed by atoms with Crippen LogP contribution in [0.2, 0.25) is 5.02 Å². The largest absolute Gasteiger partial charge is 0.493 e. The van der Waals surface area contributed by atoms with Gasteiger partial charge in [0, 0.05) is 22.7 Å². The number of benzene rings is 2. The summed E-state index contributed by atoms with van der Waals surface area (Å²) in [5, 5.41) is 14.1. The fourth-order valence-electron chi connectivity index (χ4n) is 2.88. The molecule has 1 atom stereocenters. The van der Waals surface area contributed by atoms with Crippen molar-refractivity contribution in [2.45, 2.75) is 25.5 Å². The lowest BCUT2D eigenvalue weighted by Crippen LogP contribution is -2.28. The van der Waals surface area contributed by atoms with E-state index < -0.39 is 5.25 Å². The number of anilines is 1. The third-order valence-electron chi connectivity index (χ3n) is 4.69. The number of aryl methyl sites for hydroxylation is 1. The number of carbonyl (C=O) groups is 2. The lowest BCUT2D eigenvalue weighted by atomic mass is 10.1. The molecule has 1 unspecified atom stereocenters. The molecule has 1 saturated heterocycles. The Bertz CT molecular complexity index is 1100. The Morgan fingerprint density at radius 2 is 1.94 bits per heavy atom. The molecule has 168 valence electrons. The zero-order chi connectivity index (χ0) is 23.3. The van der Waals surface area contributed by atoms with Crippen LogP contribution in [0.1, 0.15) is 24.5 Å². The SMILES string of the molecule is COc1ccc(/C(C)=N/N=C2/NC(=O)C(CC(=O)Nc3ccc(C)c(Cl)c3)S2)cc1OC. The molecule has 1 heterocycles. The van der Waals surface area contributed by atoms with Crippen LogP contribution < -0.4 is 20.1 Å². The molecule has 2 aromatic carbocycles. The van der Waals surface area contributed by atoms with Crippen LogP contribution in [0.4, 0.5) is 5.69 Å². The number of hydrogen-bond donors (Lipinski definition) is 2. The number of methoxy groups -OCH3 is 2. The number of rotatable bonds is 7. The average Bonchev–Trinajstić information content (AvgIpc) is 3.12. The summed E-state index contributed by atoms with van der Waals surface area (Å²) in [7, 11) is 3.12. The van der Waals surface area contributed by atoms with Gasteiger partial charge in [0.25, 0.3) is 0 Å². The van der Waals surface area contributed by atoms with Gasteiger partial charge in [-0.15, -0.1) is 5.10 Å². The maximum Gasteiger partial charge on any atom is 0.240 e. The van der Waals surface area contributed by atoms with Crippen LogP contribution in [0.5, 0.6) is 11.5 Å². The molecule has 0 aromatic heterocycles. The van der Waals surface area contributed by atoms with Gasteiger partial charge in [-0.1, -0.05) is 29.4 Å². The van der Waals surface area contributed by atoms with Crippen molar-refractivity contribution in [1.29, 1.82) is 0 Å². The molecule has 2 N–H and O–H groups in total. The average molecular weight is 475 g/mol. The van der Waals surface area contributed by atoms with Crippen LogP contribution in [0, 0.1) is 6.92 Å². The van der Waals surface area contributed by atoms with E-state index in [0.717, 1.165) is 22.9 Å². The van der Waals surface area contributed by atoms with Crippen molar-refractivity contribution in [2.24, 2.45) is 10.2 Å². The van der Waals surface area contributed by atoms with E-state index in [-0.39, 0.29) is 18.2 Å². The fraction of sp³-hybridized carbons (Fsp3) is 0.273. The Kier molecular flexibility index (Phi) is 7.76. The predicted molar refractivity (Wildman–Crippen MR) is 128 cm³/mol. The summed E-state index contributed by atoms with van der Waals surface area (Å²) in [5.41, 5.74) is 2.93. The Morgan fingerprint density at radius 3 is 2.62 bits per heavy atom. The molecular weight excluding hydrogens is 452 g/mol. The Morgan fingerprint density at radius 1 is 1.19 bits per heavy atom. The van der Waals surface area contributed by atoms with Crippen molar-refractivity contribution in [3.63, 3.8) is 0 Å². The van der Waals surface area contributed by atoms with E-state index in [1.165, 1.54) is 0 Å². The second-order valence-corrected chi connectivity index (χ2v) is 8.57. The molecule has 0 saturated carbocycles. The van der Waals surface area contributed by atoms with Crippen LogP contribution in [0.15, 0.2) is 46.6 Å². The number of halogens is 1. The third-order valence-corrected chi connectivity index (χ3v) is 6.17. The topological polar surface area (TPSA) is 101 Å². The summed E-state index contributed by atoms with van der Waals surface area (Å²) in [6.07, 6.45) is -0.000605. The summed E-state index contributed by atoms with van der Waals surface area (Å²) in [6, 6.07) is 10.7. The quantitative estimate of drug-likeness (QED) is 0.466. The van der Waals surface area contributed by atoms with E-state index in [1.54, 1.807) is 45.4 Å². The highest BCUT2D eigenvalue weighted by Crippen LogP contribution is 2.28. The van der Waals surface area contributed by atoms with Crippen molar-refractivity contribution in [3.05, 3.63) is 52.5 Å². The maximum atomic E-state index is 12.3. The molecule has 3 rings (SSSR count). The molecule has 0 radical (unpaired) electrons. The highest BCUT2D eigenvalue weighted by Gasteiger charge is 2.32. The highest BCUT2D eigenvalue weighted by atomic mass is 35.5. The van der Waals surface area contributed by atoms with Gasteiger partial charge in [-0.3, -0.25) is 9.59 Å². The minimum absolute atomic E-state index is 0.000605. The monoisotopic (exact) mass is 474 g/mol. The van der Waals surface area contributed by atoms with Gasteiger partial charge in [0.2, 0.25) is 11.8 Å². The second-order valence-electron chi connectivity index (χ2n) is 6.97. The number of ether oxygens (including phenoxy) is 2. The lowest BCUT2D eigenvalue weighted by Gasteiger charge is -2.09. The van der Waals surface area contributed by atoms with Crippen LogP contribution in [0.25, 0.3) is 0 Å². The van der Waals surface area contributed by atoms with E-state index in [0.29, 0.717) is 33.1 Å². The molecule has 8 nitrogen and oxygen atoms in total. The maximum absolute atomic E-state index is 12.3. The molecule has 10 heteroatoms. The van der Waals surface area contributed by atoms with Crippen LogP contribution in [-0.2, 0) is 9.59 Å². The summed E-state index contributed by atoms with van der Waals surface area (Å²) in [6.45, 7) is 3.67. The first-order chi connectivity index (χ1) is 15.3. The Hall–Kier alpha value is -3.04. The molecule has 32 heavy (non-hydrogen) atoms. The van der Waals surface area contributed by atoms with Gasteiger partial charge in [0.1, 0.15) is 5.25 Å². The Labute approximate surface area is 195 Å². The lowest BCUT2D eigenvalue weighted by molar-refractivity contribution is -0.122. The van der Waals surface area contributed by atoms with Gasteiger partial charge in [-0.2, -0.15) is 5.10 Å². The Balaban J connectivity index is 1.63. The molecule has 2 amide bonds. The number of hydrogen-bond acceptors (Lipinski definition) is 7. The van der Waals surface area contributed by atoms with E-state index in [9.17, 15) is 9.59 Å². The summed E-state index contributed by atoms with van der Waals surface area (Å²) in [5.74, 6) is 0.619. The third kappa shape index (κ3) is 5.80. The number of nitrogens with one attached hydrogen (secondary N) is 2. The fourth-order valence-corrected chi connectivity index (χ4v) is 3.98. The summed E-state index contributed by atoms with van der Waals surface area (Å²) >= 11 is 7.25. The molecule has 0 bridgehead atoms. The van der Waals surface area contributed by atoms with Gasteiger partial charge >= 0.3 is 0 Å². The number of nitrogens with zero attached hydrogens (tertiary/aromatic N) is 2. The van der Waals surface area contributed by atoms with E-state index in [4.69, 9.17) is 21.1 Å². The van der Waals surface area contributed by atoms with Crippen molar-refractivity contribution < 1.29 is 19.1 Å². The van der Waals surface area contributed by atoms with Gasteiger partial charge in [-0.25, -0.2) is 0 Å². The van der Waals surface area contributed by atoms with E-state index >= 15 is 0 Å². The minimum atomic E-state index is -0.591. The van der Waals surface area contributed by atoms with Gasteiger partial charge < -0.3 is 20.1 Å². The van der Waals surface area contributed by atoms with Gasteiger partial charge in [0.15, 0.2) is 16.7 Å². The van der Waals surface area contributed by atoms with E-state index in [1.807, 2.05) is 19.1 Å². The van der Waals surface area contributed by atoms with Crippen molar-refractivity contribution in [3.8, 4) is 11.5 Å². The van der Waals surface area contributed by atoms with Crippen LogP contribution >= 0.6 is 23.4 Å². The highest BCUT2D eigenvalue weighted by molar-refractivity contribution is 8.15. The zero-order valence-corrected chi connectivity index (χ0v) is 19.6. The van der Waals surface area contributed by atoms with Crippen LogP contribution in [0.3, 0.4) is 0 Å². The minimum Gasteiger partial charge on any atom is -0.493 e. The molecule has 1 fully saturated rings. The number of amidine groups is 1. The normalized spacial score (nSPS) is 17.3. The smallest absolute Gasteiger partial charge is 0.240 e. The number of carbonyl (C=O) groups excluding carboxylic acids is 2. The first-order valence-corrected chi connectivity index (χ1v) is 10.9. The van der Waals surface area contributed by atoms with Crippen molar-refractivity contribution in [1.82, 2.24) is 5.32 Å². The van der Waals surface area contributed by atoms with Gasteiger partial charge in [0.05, 0.1) is 19.9 Å². The number of thioether (sulfide) groups is 1. The molecule has 0 spiro atoms. The second kappa shape index (κ2) is 10.5. The molecule has 0 aliphatic carbocycles. The van der Waals surface area contributed by atoms with Crippen LogP contribution in [-0.4, -0.2) is 42.2 Å². The standard InChI is InChI=1S/C22H23ClN4O4S/c1-12-5-7-15(10-16(12)23)24-20(28)11-19-21(29)25-22(32-19)27-26-13(2)14-6-8-17(30-3)18(9-14)31-4/h5-10,19H,11H2,1-4H3,(H,24,28)(H,25,27,29)/b26-13+. The first kappa shape index (κ1) is 23.6. The summed E-state index contributed by atoms with van der Waals surface area (Å²) in [4.78, 5) is 24.6. The van der Waals surface area contributed by atoms with E-state index in [2.05, 4.69) is 20.8 Å². The molecule has 1 aliphatic heterocycles. The predicted octanol–water partition coefficient (Wildman–Crippen LogP) is 4.01. The van der Waals surface area contributed by atoms with Gasteiger partial charge in [-0.05, 0) is 49.7 Å². The molecular formula is C22H23ClN4O4S. The first-order valence-electron chi connectivity index (χ1n) is 9.69. The molecule has 2 aromatic rings. The van der Waals surface area contributed by atoms with Crippen molar-refractivity contribution in [2.75, 3.05) is 19.5 Å². The van der Waals surface area contributed by atoms with Crippen molar-refractivity contribution >= 4 is 51.7 Å². The number of amides is 2.